The second-order valence-corrected chi connectivity index (χ2v) is 9.93. The molecule has 3 aromatic carbocycles. The van der Waals surface area contributed by atoms with Gasteiger partial charge in [-0.25, -0.2) is 12.8 Å². The smallest absolute Gasteiger partial charge is 0.254 e. The number of nitrogens with zero attached hydrogens (tertiary/aromatic N) is 1. The number of para-hydroxylation sites is 1. The highest BCUT2D eigenvalue weighted by Gasteiger charge is 2.28. The number of amides is 1. The molecule has 36 heavy (non-hydrogen) atoms. The van der Waals surface area contributed by atoms with Crippen molar-refractivity contribution in [1.29, 1.82) is 0 Å². The van der Waals surface area contributed by atoms with Crippen LogP contribution in [0.3, 0.4) is 0 Å². The Morgan fingerprint density at radius 3 is 2.14 bits per heavy atom. The zero-order valence-electron chi connectivity index (χ0n) is 20.7. The molecular weight excluding hydrogens is 487 g/mol. The summed E-state index contributed by atoms with van der Waals surface area (Å²) in [6.45, 7) is 1.45. The fourth-order valence-electron chi connectivity index (χ4n) is 3.80. The summed E-state index contributed by atoms with van der Waals surface area (Å²) in [4.78, 5) is 13.5. The number of anilines is 1. The lowest BCUT2D eigenvalue weighted by atomic mass is 10.1. The quantitative estimate of drug-likeness (QED) is 0.432. The van der Waals surface area contributed by atoms with Gasteiger partial charge in [0.1, 0.15) is 11.6 Å². The van der Waals surface area contributed by atoms with Gasteiger partial charge in [-0.3, -0.25) is 9.10 Å². The summed E-state index contributed by atoms with van der Waals surface area (Å²) in [5.41, 5.74) is 0.910. The third-order valence-corrected chi connectivity index (χ3v) is 6.77. The highest BCUT2D eigenvalue weighted by molar-refractivity contribution is 7.92. The molecule has 0 saturated carbocycles. The molecule has 0 saturated heterocycles. The van der Waals surface area contributed by atoms with Crippen molar-refractivity contribution in [3.8, 4) is 17.2 Å². The molecule has 192 valence electrons. The van der Waals surface area contributed by atoms with Crippen LogP contribution in [0.2, 0.25) is 0 Å². The predicted molar refractivity (Wildman–Crippen MR) is 136 cm³/mol. The minimum Gasteiger partial charge on any atom is -0.496 e. The molecule has 0 aliphatic carbocycles. The number of methoxy groups -OCH3 is 3. The van der Waals surface area contributed by atoms with Crippen molar-refractivity contribution in [2.75, 3.05) is 31.9 Å². The largest absolute Gasteiger partial charge is 0.496 e. The van der Waals surface area contributed by atoms with E-state index in [-0.39, 0.29) is 34.9 Å². The first-order valence-corrected chi connectivity index (χ1v) is 12.9. The van der Waals surface area contributed by atoms with Crippen LogP contribution in [0.15, 0.2) is 60.7 Å². The molecule has 3 rings (SSSR count). The average molecular weight is 517 g/mol. The third kappa shape index (κ3) is 5.88. The van der Waals surface area contributed by atoms with Gasteiger partial charge in [-0.05, 0) is 25.1 Å². The Kier molecular flexibility index (Phi) is 8.41. The molecule has 0 bridgehead atoms. The van der Waals surface area contributed by atoms with E-state index in [1.165, 1.54) is 51.7 Å². The summed E-state index contributed by atoms with van der Waals surface area (Å²) in [5, 5.41) is 2.89. The number of carbonyl (C=O) groups excluding carboxylic acids is 1. The lowest BCUT2D eigenvalue weighted by Gasteiger charge is -2.27. The molecule has 0 radical (unpaired) electrons. The molecule has 0 aliphatic heterocycles. The number of hydrogen-bond acceptors (Lipinski definition) is 6. The molecule has 0 spiro atoms. The van der Waals surface area contributed by atoms with E-state index >= 15 is 0 Å². The van der Waals surface area contributed by atoms with Gasteiger partial charge >= 0.3 is 0 Å². The van der Waals surface area contributed by atoms with Crippen LogP contribution in [0.25, 0.3) is 0 Å². The van der Waals surface area contributed by atoms with Crippen LogP contribution in [-0.4, -0.2) is 41.9 Å². The van der Waals surface area contributed by atoms with Crippen molar-refractivity contribution in [1.82, 2.24) is 5.32 Å². The summed E-state index contributed by atoms with van der Waals surface area (Å²) < 4.78 is 57.3. The summed E-state index contributed by atoms with van der Waals surface area (Å²) in [6.07, 6.45) is 0.990. The number of halogens is 1. The van der Waals surface area contributed by atoms with E-state index in [2.05, 4.69) is 5.32 Å². The van der Waals surface area contributed by atoms with E-state index < -0.39 is 27.8 Å². The molecule has 1 amide bonds. The first-order chi connectivity index (χ1) is 17.1. The second-order valence-electron chi connectivity index (χ2n) is 8.02. The van der Waals surface area contributed by atoms with Gasteiger partial charge in [0, 0.05) is 17.2 Å². The van der Waals surface area contributed by atoms with E-state index in [0.717, 1.165) is 16.1 Å². The molecule has 3 aromatic rings. The van der Waals surface area contributed by atoms with Gasteiger partial charge in [0.05, 0.1) is 51.4 Å². The molecule has 1 atom stereocenters. The number of hydrogen-bond donors (Lipinski definition) is 1. The van der Waals surface area contributed by atoms with Crippen LogP contribution in [0.4, 0.5) is 10.1 Å². The lowest BCUT2D eigenvalue weighted by Crippen LogP contribution is -2.34. The third-order valence-electron chi connectivity index (χ3n) is 5.64. The van der Waals surface area contributed by atoms with Crippen LogP contribution in [0.5, 0.6) is 17.2 Å². The second kappa shape index (κ2) is 11.3. The van der Waals surface area contributed by atoms with Crippen LogP contribution in [-0.2, 0) is 16.6 Å². The summed E-state index contributed by atoms with van der Waals surface area (Å²) in [5.74, 6) is -0.0937. The van der Waals surface area contributed by atoms with Crippen molar-refractivity contribution >= 4 is 21.6 Å². The number of sulfonamides is 1. The Morgan fingerprint density at radius 2 is 1.53 bits per heavy atom. The molecule has 1 N–H and O–H groups in total. The van der Waals surface area contributed by atoms with Crippen LogP contribution in [0, 0.1) is 5.82 Å². The Hall–Kier alpha value is -3.79. The molecule has 0 fully saturated rings. The maximum absolute atomic E-state index is 14.5. The van der Waals surface area contributed by atoms with Crippen molar-refractivity contribution < 1.29 is 31.8 Å². The first-order valence-electron chi connectivity index (χ1n) is 11.0. The monoisotopic (exact) mass is 516 g/mol. The fraction of sp³-hybridized carbons (Fsp3) is 0.269. The first kappa shape index (κ1) is 26.8. The molecule has 1 unspecified atom stereocenters. The van der Waals surface area contributed by atoms with E-state index in [1.54, 1.807) is 19.1 Å². The fourth-order valence-corrected chi connectivity index (χ4v) is 4.68. The summed E-state index contributed by atoms with van der Waals surface area (Å²) >= 11 is 0. The van der Waals surface area contributed by atoms with Crippen molar-refractivity contribution in [3.63, 3.8) is 0 Å². The van der Waals surface area contributed by atoms with Gasteiger partial charge in [0.15, 0.2) is 11.5 Å². The van der Waals surface area contributed by atoms with E-state index in [0.29, 0.717) is 5.75 Å². The van der Waals surface area contributed by atoms with Crippen molar-refractivity contribution in [2.45, 2.75) is 19.5 Å². The highest BCUT2D eigenvalue weighted by atomic mass is 32.2. The topological polar surface area (TPSA) is 94.2 Å². The SMILES string of the molecule is COc1cc(C(=O)NC(C)c2ccccc2OC)c(N(Cc2ccccc2F)S(C)(=O)=O)cc1OC. The van der Waals surface area contributed by atoms with Crippen LogP contribution < -0.4 is 23.8 Å². The van der Waals surface area contributed by atoms with Crippen LogP contribution in [0.1, 0.15) is 34.5 Å². The van der Waals surface area contributed by atoms with Gasteiger partial charge in [0.25, 0.3) is 5.91 Å². The van der Waals surface area contributed by atoms with E-state index in [9.17, 15) is 17.6 Å². The Balaban J connectivity index is 2.12. The molecule has 0 aliphatic rings. The predicted octanol–water partition coefficient (Wildman–Crippen LogP) is 4.31. The molecule has 8 nitrogen and oxygen atoms in total. The van der Waals surface area contributed by atoms with E-state index in [1.807, 2.05) is 18.2 Å². The Bertz CT molecular complexity index is 1350. The minimum absolute atomic E-state index is 0.0103. The van der Waals surface area contributed by atoms with Crippen LogP contribution >= 0.6 is 0 Å². The van der Waals surface area contributed by atoms with E-state index in [4.69, 9.17) is 14.2 Å². The van der Waals surface area contributed by atoms with Gasteiger partial charge in [-0.2, -0.15) is 0 Å². The minimum atomic E-state index is -3.95. The lowest BCUT2D eigenvalue weighted by molar-refractivity contribution is 0.0939. The number of rotatable bonds is 10. The molecule has 0 heterocycles. The van der Waals surface area contributed by atoms with Gasteiger partial charge in [0.2, 0.25) is 10.0 Å². The standard InChI is InChI=1S/C26H29FN2O6S/c1-17(19-11-7-9-13-23(19)33-2)28-26(30)20-14-24(34-3)25(35-4)15-22(20)29(36(5,31)32)16-18-10-6-8-12-21(18)27/h6-15,17H,16H2,1-5H3,(H,28,30). The Morgan fingerprint density at radius 1 is 0.944 bits per heavy atom. The summed E-state index contributed by atoms with van der Waals surface area (Å²) in [7, 11) is 0.382. The maximum atomic E-state index is 14.5. The zero-order valence-corrected chi connectivity index (χ0v) is 21.6. The molecular formula is C26H29FN2O6S. The highest BCUT2D eigenvalue weighted by Crippen LogP contribution is 2.37. The maximum Gasteiger partial charge on any atom is 0.254 e. The average Bonchev–Trinajstić information content (AvgIpc) is 2.86. The van der Waals surface area contributed by atoms with Crippen molar-refractivity contribution in [3.05, 3.63) is 83.2 Å². The molecule has 10 heteroatoms. The normalized spacial score (nSPS) is 11.9. The number of carbonyl (C=O) groups is 1. The number of nitrogens with one attached hydrogen (secondary N) is 1. The number of ether oxygens (including phenoxy) is 3. The summed E-state index contributed by atoms with van der Waals surface area (Å²) in [6, 6.07) is 15.4. The van der Waals surface area contributed by atoms with Gasteiger partial charge < -0.3 is 19.5 Å². The van der Waals surface area contributed by atoms with Crippen molar-refractivity contribution in [2.24, 2.45) is 0 Å². The van der Waals surface area contributed by atoms with Gasteiger partial charge in [-0.1, -0.05) is 36.4 Å². The Labute approximate surface area is 210 Å². The number of benzene rings is 3. The van der Waals surface area contributed by atoms with Gasteiger partial charge in [-0.15, -0.1) is 0 Å². The molecule has 0 aromatic heterocycles. The zero-order chi connectivity index (χ0) is 26.5.